The number of halogens is 1. The van der Waals surface area contributed by atoms with Gasteiger partial charge in [0.25, 0.3) is 0 Å². The predicted octanol–water partition coefficient (Wildman–Crippen LogP) is 2.56. The number of nitrogens with zero attached hydrogens (tertiary/aromatic N) is 1. The largest absolute Gasteiger partial charge is 0.459 e. The maximum Gasteiger partial charge on any atom is 0.326 e. The van der Waals surface area contributed by atoms with Crippen LogP contribution in [0.2, 0.25) is 5.02 Å². The molecule has 1 saturated carbocycles. The third-order valence-electron chi connectivity index (χ3n) is 4.53. The Morgan fingerprint density at radius 3 is 2.22 bits per heavy atom. The molecule has 1 aromatic rings. The van der Waals surface area contributed by atoms with E-state index in [9.17, 15) is 14.4 Å². The first-order valence-corrected chi connectivity index (χ1v) is 8.19. The van der Waals surface area contributed by atoms with E-state index in [1.165, 1.54) is 0 Å². The second kappa shape index (κ2) is 6.71. The minimum atomic E-state index is -0.569. The van der Waals surface area contributed by atoms with Crippen molar-refractivity contribution in [3.8, 4) is 0 Å². The van der Waals surface area contributed by atoms with E-state index in [-0.39, 0.29) is 36.8 Å². The Hall–Kier alpha value is -1.88. The summed E-state index contributed by atoms with van der Waals surface area (Å²) in [6.07, 6.45) is 3.42. The third kappa shape index (κ3) is 3.39. The van der Waals surface area contributed by atoms with Gasteiger partial charge in [-0.1, -0.05) is 36.6 Å². The fourth-order valence-electron chi connectivity index (χ4n) is 3.31. The van der Waals surface area contributed by atoms with Gasteiger partial charge in [0.2, 0.25) is 11.8 Å². The highest BCUT2D eigenvalue weighted by atomic mass is 35.5. The van der Waals surface area contributed by atoms with Crippen LogP contribution in [0.4, 0.5) is 0 Å². The normalized spacial score (nSPS) is 23.8. The molecule has 122 valence electrons. The van der Waals surface area contributed by atoms with Crippen LogP contribution in [0.3, 0.4) is 0 Å². The predicted molar refractivity (Wildman–Crippen MR) is 83.4 cm³/mol. The lowest BCUT2D eigenvalue weighted by molar-refractivity contribution is -0.153. The summed E-state index contributed by atoms with van der Waals surface area (Å²) in [6.45, 7) is -0.197. The minimum Gasteiger partial charge on any atom is -0.459 e. The fraction of sp³-hybridized carbons (Fsp3) is 0.471. The molecule has 2 fully saturated rings. The minimum absolute atomic E-state index is 0.0963. The fourth-order valence-corrected chi connectivity index (χ4v) is 3.43. The molecule has 23 heavy (non-hydrogen) atoms. The standard InChI is InChI=1S/C17H18ClNO4/c18-12-7-5-11(6-8-12)10-23-15(20)9-19-16(21)13-3-1-2-4-14(13)17(19)22/h5-8,13-14H,1-4,9-10H2/t13-,14+. The van der Waals surface area contributed by atoms with E-state index in [4.69, 9.17) is 16.3 Å². The summed E-state index contributed by atoms with van der Waals surface area (Å²) in [5.74, 6) is -1.48. The Morgan fingerprint density at radius 2 is 1.65 bits per heavy atom. The second-order valence-electron chi connectivity index (χ2n) is 6.05. The summed E-state index contributed by atoms with van der Waals surface area (Å²) in [6, 6.07) is 6.94. The maximum absolute atomic E-state index is 12.3. The van der Waals surface area contributed by atoms with E-state index in [0.29, 0.717) is 5.02 Å². The van der Waals surface area contributed by atoms with E-state index in [1.807, 2.05) is 0 Å². The molecule has 1 aromatic carbocycles. The molecule has 5 nitrogen and oxygen atoms in total. The average molecular weight is 336 g/mol. The Bertz CT molecular complexity index is 604. The topological polar surface area (TPSA) is 63.7 Å². The van der Waals surface area contributed by atoms with E-state index >= 15 is 0 Å². The van der Waals surface area contributed by atoms with Gasteiger partial charge in [-0.15, -0.1) is 0 Å². The Labute approximate surface area is 139 Å². The number of hydrogen-bond donors (Lipinski definition) is 0. The van der Waals surface area contributed by atoms with E-state index in [1.54, 1.807) is 24.3 Å². The average Bonchev–Trinajstić information content (AvgIpc) is 2.80. The number of carbonyl (C=O) groups excluding carboxylic acids is 3. The lowest BCUT2D eigenvalue weighted by Crippen LogP contribution is -2.36. The first kappa shape index (κ1) is 16.0. The van der Waals surface area contributed by atoms with Crippen LogP contribution in [0.15, 0.2) is 24.3 Å². The number of imide groups is 1. The molecule has 3 rings (SSSR count). The molecule has 0 aromatic heterocycles. The van der Waals surface area contributed by atoms with Crippen molar-refractivity contribution in [2.75, 3.05) is 6.54 Å². The van der Waals surface area contributed by atoms with Gasteiger partial charge >= 0.3 is 5.97 Å². The van der Waals surface area contributed by atoms with Crippen molar-refractivity contribution in [2.45, 2.75) is 32.3 Å². The van der Waals surface area contributed by atoms with Gasteiger partial charge in [0.1, 0.15) is 13.2 Å². The zero-order chi connectivity index (χ0) is 16.4. The number of fused-ring (bicyclic) bond motifs is 1. The molecule has 1 heterocycles. The molecule has 1 saturated heterocycles. The van der Waals surface area contributed by atoms with Crippen molar-refractivity contribution in [1.29, 1.82) is 0 Å². The second-order valence-corrected chi connectivity index (χ2v) is 6.48. The summed E-state index contributed by atoms with van der Waals surface area (Å²) < 4.78 is 5.15. The van der Waals surface area contributed by atoms with Gasteiger partial charge in [-0.25, -0.2) is 0 Å². The zero-order valence-electron chi connectivity index (χ0n) is 12.7. The summed E-state index contributed by atoms with van der Waals surface area (Å²) >= 11 is 5.79. The molecule has 0 spiro atoms. The number of amides is 2. The lowest BCUT2D eigenvalue weighted by Gasteiger charge is -2.19. The highest BCUT2D eigenvalue weighted by Crippen LogP contribution is 2.37. The van der Waals surface area contributed by atoms with Crippen molar-refractivity contribution in [2.24, 2.45) is 11.8 Å². The Kier molecular flexibility index (Phi) is 4.66. The molecule has 0 unspecified atom stereocenters. The van der Waals surface area contributed by atoms with Crippen LogP contribution in [-0.4, -0.2) is 29.2 Å². The van der Waals surface area contributed by atoms with E-state index in [0.717, 1.165) is 36.1 Å². The van der Waals surface area contributed by atoms with Crippen molar-refractivity contribution < 1.29 is 19.1 Å². The molecule has 0 radical (unpaired) electrons. The first-order valence-electron chi connectivity index (χ1n) is 7.81. The van der Waals surface area contributed by atoms with Crippen LogP contribution >= 0.6 is 11.6 Å². The van der Waals surface area contributed by atoms with Crippen molar-refractivity contribution in [1.82, 2.24) is 4.90 Å². The van der Waals surface area contributed by atoms with Gasteiger partial charge < -0.3 is 4.74 Å². The molecule has 6 heteroatoms. The first-order chi connectivity index (χ1) is 11.1. The zero-order valence-corrected chi connectivity index (χ0v) is 13.4. The van der Waals surface area contributed by atoms with Crippen LogP contribution in [0, 0.1) is 11.8 Å². The summed E-state index contributed by atoms with van der Waals surface area (Å²) in [5, 5.41) is 0.607. The molecule has 0 bridgehead atoms. The molecular formula is C17H18ClNO4. The number of rotatable bonds is 4. The van der Waals surface area contributed by atoms with Crippen LogP contribution in [0.5, 0.6) is 0 Å². The molecule has 2 aliphatic rings. The lowest BCUT2D eigenvalue weighted by atomic mass is 9.81. The maximum atomic E-state index is 12.3. The van der Waals surface area contributed by atoms with Crippen molar-refractivity contribution in [3.63, 3.8) is 0 Å². The SMILES string of the molecule is O=C(CN1C(=O)[C@H]2CCCC[C@H]2C1=O)OCc1ccc(Cl)cc1. The highest BCUT2D eigenvalue weighted by molar-refractivity contribution is 6.30. The number of benzene rings is 1. The highest BCUT2D eigenvalue weighted by Gasteiger charge is 2.48. The molecule has 2 atom stereocenters. The molecular weight excluding hydrogens is 318 g/mol. The molecule has 1 aliphatic heterocycles. The molecule has 1 aliphatic carbocycles. The van der Waals surface area contributed by atoms with E-state index < -0.39 is 5.97 Å². The van der Waals surface area contributed by atoms with Gasteiger partial charge in [0.05, 0.1) is 11.8 Å². The smallest absolute Gasteiger partial charge is 0.326 e. The van der Waals surface area contributed by atoms with Crippen molar-refractivity contribution >= 4 is 29.4 Å². The number of ether oxygens (including phenoxy) is 1. The number of esters is 1. The number of hydrogen-bond acceptors (Lipinski definition) is 4. The molecule has 2 amide bonds. The monoisotopic (exact) mass is 335 g/mol. The van der Waals surface area contributed by atoms with E-state index in [2.05, 4.69) is 0 Å². The van der Waals surface area contributed by atoms with Crippen LogP contribution in [0.1, 0.15) is 31.2 Å². The summed E-state index contributed by atoms with van der Waals surface area (Å²) in [4.78, 5) is 37.6. The van der Waals surface area contributed by atoms with Gasteiger partial charge in [-0.2, -0.15) is 0 Å². The van der Waals surface area contributed by atoms with Crippen LogP contribution in [-0.2, 0) is 25.7 Å². The van der Waals surface area contributed by atoms with Gasteiger partial charge in [0.15, 0.2) is 0 Å². The quantitative estimate of drug-likeness (QED) is 0.626. The van der Waals surface area contributed by atoms with Gasteiger partial charge in [-0.05, 0) is 30.5 Å². The van der Waals surface area contributed by atoms with Crippen LogP contribution in [0.25, 0.3) is 0 Å². The summed E-state index contributed by atoms with van der Waals surface area (Å²) in [7, 11) is 0. The van der Waals surface area contributed by atoms with Gasteiger partial charge in [-0.3, -0.25) is 19.3 Å². The van der Waals surface area contributed by atoms with Crippen LogP contribution < -0.4 is 0 Å². The Balaban J connectivity index is 1.56. The third-order valence-corrected chi connectivity index (χ3v) is 4.78. The molecule has 0 N–H and O–H groups in total. The number of likely N-dealkylation sites (tertiary alicyclic amines) is 1. The summed E-state index contributed by atoms with van der Waals surface area (Å²) in [5.41, 5.74) is 0.801. The number of carbonyl (C=O) groups is 3. The van der Waals surface area contributed by atoms with Crippen molar-refractivity contribution in [3.05, 3.63) is 34.9 Å². The van der Waals surface area contributed by atoms with Gasteiger partial charge in [0, 0.05) is 5.02 Å². The Morgan fingerprint density at radius 1 is 1.09 bits per heavy atom.